The molecule has 5 rings (SSSR count). The lowest BCUT2D eigenvalue weighted by Gasteiger charge is -2.14. The molecule has 0 saturated carbocycles. The van der Waals surface area contributed by atoms with Crippen LogP contribution in [0.4, 0.5) is 0 Å². The number of thioether (sulfide) groups is 1. The lowest BCUT2D eigenvalue weighted by molar-refractivity contribution is -0.122. The fourth-order valence-corrected chi connectivity index (χ4v) is 5.17. The van der Waals surface area contributed by atoms with Crippen LogP contribution in [0.25, 0.3) is 23.0 Å². The van der Waals surface area contributed by atoms with Gasteiger partial charge in [-0.3, -0.25) is 9.69 Å². The van der Waals surface area contributed by atoms with Gasteiger partial charge in [0.2, 0.25) is 0 Å². The average molecular weight is 512 g/mol. The number of carbonyl (C=O) groups excluding carboxylic acids is 1. The number of ether oxygens (including phenoxy) is 1. The van der Waals surface area contributed by atoms with E-state index in [0.717, 1.165) is 40.2 Å². The van der Waals surface area contributed by atoms with Crippen LogP contribution in [0.3, 0.4) is 0 Å². The molecule has 0 N–H and O–H groups in total. The van der Waals surface area contributed by atoms with Crippen LogP contribution in [0.1, 0.15) is 24.5 Å². The highest BCUT2D eigenvalue weighted by Crippen LogP contribution is 2.36. The van der Waals surface area contributed by atoms with Crippen LogP contribution in [0.15, 0.2) is 96.0 Å². The summed E-state index contributed by atoms with van der Waals surface area (Å²) in [5.41, 5.74) is 4.51. The van der Waals surface area contributed by atoms with Crippen molar-refractivity contribution in [3.63, 3.8) is 0 Å². The quantitative estimate of drug-likeness (QED) is 0.194. The fraction of sp³-hybridized carbons (Fsp3) is 0.138. The van der Waals surface area contributed by atoms with Gasteiger partial charge in [-0.1, -0.05) is 91.6 Å². The molecule has 1 amide bonds. The van der Waals surface area contributed by atoms with Crippen molar-refractivity contribution < 1.29 is 9.53 Å². The Balaban J connectivity index is 1.52. The number of hydrogen-bond donors (Lipinski definition) is 0. The Bertz CT molecular complexity index is 1410. The third kappa shape index (κ3) is 5.27. The van der Waals surface area contributed by atoms with Gasteiger partial charge in [-0.15, -0.1) is 0 Å². The minimum Gasteiger partial charge on any atom is -0.494 e. The third-order valence-corrected chi connectivity index (χ3v) is 7.07. The average Bonchev–Trinajstić information content (AvgIpc) is 3.45. The van der Waals surface area contributed by atoms with Gasteiger partial charge >= 0.3 is 0 Å². The summed E-state index contributed by atoms with van der Waals surface area (Å²) < 4.78 is 8.25. The SMILES string of the molecule is CCCOc1cccc(-c2nn(-c3ccccc3)cc2C=C2SC(=S)N(Cc3ccccc3)C2=O)c1. The van der Waals surface area contributed by atoms with Crippen molar-refractivity contribution in [2.75, 3.05) is 6.61 Å². The molecule has 0 atom stereocenters. The molecule has 0 spiro atoms. The van der Waals surface area contributed by atoms with Crippen molar-refractivity contribution in [1.29, 1.82) is 0 Å². The number of hydrogen-bond acceptors (Lipinski definition) is 5. The van der Waals surface area contributed by atoms with Gasteiger partial charge in [0.15, 0.2) is 0 Å². The number of benzene rings is 3. The number of nitrogens with zero attached hydrogens (tertiary/aromatic N) is 3. The normalized spacial score (nSPS) is 14.6. The molecule has 2 heterocycles. The summed E-state index contributed by atoms with van der Waals surface area (Å²) in [4.78, 5) is 15.6. The van der Waals surface area contributed by atoms with Crippen LogP contribution in [-0.4, -0.2) is 31.5 Å². The van der Waals surface area contributed by atoms with Gasteiger partial charge in [-0.25, -0.2) is 4.68 Å². The molecule has 4 aromatic rings. The summed E-state index contributed by atoms with van der Waals surface area (Å²) in [7, 11) is 0. The van der Waals surface area contributed by atoms with E-state index in [2.05, 4.69) is 6.92 Å². The molecule has 36 heavy (non-hydrogen) atoms. The largest absolute Gasteiger partial charge is 0.494 e. The second-order valence-electron chi connectivity index (χ2n) is 8.34. The van der Waals surface area contributed by atoms with Gasteiger partial charge in [-0.2, -0.15) is 5.10 Å². The summed E-state index contributed by atoms with van der Waals surface area (Å²) in [5.74, 6) is 0.705. The Kier molecular flexibility index (Phi) is 7.30. The molecule has 1 fully saturated rings. The first-order valence-corrected chi connectivity index (χ1v) is 13.0. The van der Waals surface area contributed by atoms with Crippen molar-refractivity contribution in [3.05, 3.63) is 107 Å². The lowest BCUT2D eigenvalue weighted by atomic mass is 10.1. The molecular formula is C29H25N3O2S2. The molecular weight excluding hydrogens is 486 g/mol. The van der Waals surface area contributed by atoms with Crippen molar-refractivity contribution >= 4 is 40.3 Å². The second-order valence-corrected chi connectivity index (χ2v) is 10.0. The molecule has 7 heteroatoms. The van der Waals surface area contributed by atoms with E-state index < -0.39 is 0 Å². The highest BCUT2D eigenvalue weighted by molar-refractivity contribution is 8.26. The molecule has 0 unspecified atom stereocenters. The fourth-order valence-electron chi connectivity index (χ4n) is 3.93. The lowest BCUT2D eigenvalue weighted by Crippen LogP contribution is -2.27. The number of carbonyl (C=O) groups is 1. The molecule has 3 aromatic carbocycles. The molecule has 1 saturated heterocycles. The van der Waals surface area contributed by atoms with Gasteiger partial charge in [0, 0.05) is 17.3 Å². The Hall–Kier alpha value is -3.68. The Labute approximate surface area is 220 Å². The van der Waals surface area contributed by atoms with Gasteiger partial charge in [-0.05, 0) is 42.3 Å². The standard InChI is InChI=1S/C29H25N3O2S2/c1-2-16-34-25-15-9-12-22(17-25)27-23(20-32(30-27)24-13-7-4-8-14-24)18-26-28(33)31(29(35)36-26)19-21-10-5-3-6-11-21/h3-15,17-18,20H,2,16,19H2,1H3. The minimum absolute atomic E-state index is 0.0905. The van der Waals surface area contributed by atoms with Crippen molar-refractivity contribution in [1.82, 2.24) is 14.7 Å². The monoisotopic (exact) mass is 511 g/mol. The summed E-state index contributed by atoms with van der Waals surface area (Å²) >= 11 is 6.89. The first-order valence-electron chi connectivity index (χ1n) is 11.8. The zero-order valence-electron chi connectivity index (χ0n) is 19.8. The van der Waals surface area contributed by atoms with Crippen molar-refractivity contribution in [3.8, 4) is 22.7 Å². The molecule has 5 nitrogen and oxygen atoms in total. The Morgan fingerprint density at radius 1 is 1.00 bits per heavy atom. The van der Waals surface area contributed by atoms with Crippen LogP contribution in [0.5, 0.6) is 5.75 Å². The van der Waals surface area contributed by atoms with Crippen LogP contribution >= 0.6 is 24.0 Å². The smallest absolute Gasteiger partial charge is 0.266 e. The molecule has 1 aromatic heterocycles. The molecule has 1 aliphatic rings. The number of aromatic nitrogens is 2. The van der Waals surface area contributed by atoms with E-state index in [0.29, 0.717) is 22.4 Å². The van der Waals surface area contributed by atoms with Gasteiger partial charge < -0.3 is 4.74 Å². The van der Waals surface area contributed by atoms with Crippen LogP contribution in [-0.2, 0) is 11.3 Å². The molecule has 0 radical (unpaired) electrons. The maximum absolute atomic E-state index is 13.3. The van der Waals surface area contributed by atoms with E-state index in [1.54, 1.807) is 4.90 Å². The Morgan fingerprint density at radius 2 is 1.75 bits per heavy atom. The van der Waals surface area contributed by atoms with E-state index >= 15 is 0 Å². The summed E-state index contributed by atoms with van der Waals surface area (Å²) in [6, 6.07) is 27.7. The van der Waals surface area contributed by atoms with Gasteiger partial charge in [0.1, 0.15) is 15.8 Å². The van der Waals surface area contributed by atoms with E-state index in [1.165, 1.54) is 11.8 Å². The predicted molar refractivity (Wildman–Crippen MR) is 150 cm³/mol. The number of thiocarbonyl (C=S) groups is 1. The van der Waals surface area contributed by atoms with Crippen LogP contribution < -0.4 is 4.74 Å². The first kappa shape index (κ1) is 24.0. The minimum atomic E-state index is -0.0905. The molecule has 0 bridgehead atoms. The van der Waals surface area contributed by atoms with E-state index in [1.807, 2.05) is 102 Å². The molecule has 1 aliphatic heterocycles. The van der Waals surface area contributed by atoms with Crippen LogP contribution in [0.2, 0.25) is 0 Å². The zero-order valence-corrected chi connectivity index (χ0v) is 21.5. The van der Waals surface area contributed by atoms with Gasteiger partial charge in [0.25, 0.3) is 5.91 Å². The summed E-state index contributed by atoms with van der Waals surface area (Å²) in [6.45, 7) is 3.19. The van der Waals surface area contributed by atoms with E-state index in [-0.39, 0.29) is 5.91 Å². The highest BCUT2D eigenvalue weighted by atomic mass is 32.2. The third-order valence-electron chi connectivity index (χ3n) is 5.69. The van der Waals surface area contributed by atoms with Crippen LogP contribution in [0, 0.1) is 0 Å². The van der Waals surface area contributed by atoms with Gasteiger partial charge in [0.05, 0.1) is 23.7 Å². The molecule has 180 valence electrons. The van der Waals surface area contributed by atoms with Crippen molar-refractivity contribution in [2.24, 2.45) is 0 Å². The number of amides is 1. The first-order chi connectivity index (χ1) is 17.6. The molecule has 0 aliphatic carbocycles. The highest BCUT2D eigenvalue weighted by Gasteiger charge is 2.32. The summed E-state index contributed by atoms with van der Waals surface area (Å²) in [5, 5.41) is 4.89. The zero-order chi connectivity index (χ0) is 24.9. The maximum atomic E-state index is 13.3. The van der Waals surface area contributed by atoms with E-state index in [4.69, 9.17) is 22.1 Å². The van der Waals surface area contributed by atoms with Crippen molar-refractivity contribution in [2.45, 2.75) is 19.9 Å². The number of para-hydroxylation sites is 1. The topological polar surface area (TPSA) is 47.4 Å². The second kappa shape index (κ2) is 10.9. The number of rotatable bonds is 8. The Morgan fingerprint density at radius 3 is 2.50 bits per heavy atom. The maximum Gasteiger partial charge on any atom is 0.266 e. The predicted octanol–water partition coefficient (Wildman–Crippen LogP) is 6.73. The van der Waals surface area contributed by atoms with E-state index in [9.17, 15) is 4.79 Å². The summed E-state index contributed by atoms with van der Waals surface area (Å²) in [6.07, 6.45) is 4.78.